The smallest absolute Gasteiger partial charge is 0.275 e. The lowest BCUT2D eigenvalue weighted by molar-refractivity contribution is 0.0710. The van der Waals surface area contributed by atoms with Gasteiger partial charge in [-0.3, -0.25) is 9.59 Å². The van der Waals surface area contributed by atoms with Crippen molar-refractivity contribution in [2.24, 2.45) is 0 Å². The molecule has 1 aliphatic rings. The van der Waals surface area contributed by atoms with Crippen LogP contribution >= 0.6 is 0 Å². The molecule has 180 valence electrons. The van der Waals surface area contributed by atoms with Crippen LogP contribution in [0.2, 0.25) is 0 Å². The monoisotopic (exact) mass is 472 g/mol. The summed E-state index contributed by atoms with van der Waals surface area (Å²) in [5, 5.41) is 0.661. The van der Waals surface area contributed by atoms with Gasteiger partial charge in [-0.25, -0.2) is 9.97 Å². The first-order valence-corrected chi connectivity index (χ1v) is 11.7. The molecule has 1 amide bonds. The van der Waals surface area contributed by atoms with E-state index in [-0.39, 0.29) is 17.5 Å². The maximum absolute atomic E-state index is 13.6. The Morgan fingerprint density at radius 3 is 2.83 bits per heavy atom. The van der Waals surface area contributed by atoms with Gasteiger partial charge in [-0.15, -0.1) is 6.58 Å². The van der Waals surface area contributed by atoms with Crippen LogP contribution in [0.15, 0.2) is 64.9 Å². The number of amides is 1. The number of furan rings is 1. The number of carbonyl (C=O) groups is 1. The van der Waals surface area contributed by atoms with E-state index in [4.69, 9.17) is 4.42 Å². The zero-order valence-corrected chi connectivity index (χ0v) is 19.9. The lowest BCUT2D eigenvalue weighted by Crippen LogP contribution is -2.46. The number of aromatic nitrogens is 4. The van der Waals surface area contributed by atoms with Crippen LogP contribution in [0, 0.1) is 6.92 Å². The highest BCUT2D eigenvalue weighted by Crippen LogP contribution is 2.26. The van der Waals surface area contributed by atoms with E-state index < -0.39 is 0 Å². The van der Waals surface area contributed by atoms with Crippen molar-refractivity contribution in [1.82, 2.24) is 24.4 Å². The molecule has 9 nitrogen and oxygen atoms in total. The van der Waals surface area contributed by atoms with Gasteiger partial charge >= 0.3 is 0 Å². The van der Waals surface area contributed by atoms with Crippen LogP contribution in [0.25, 0.3) is 22.4 Å². The van der Waals surface area contributed by atoms with Gasteiger partial charge in [0.2, 0.25) is 0 Å². The molecule has 1 saturated heterocycles. The Bertz CT molecular complexity index is 1430. The van der Waals surface area contributed by atoms with Crippen molar-refractivity contribution < 1.29 is 9.21 Å². The molecule has 0 spiro atoms. The maximum atomic E-state index is 13.6. The maximum Gasteiger partial charge on any atom is 0.275 e. The van der Waals surface area contributed by atoms with E-state index in [1.165, 1.54) is 4.57 Å². The summed E-state index contributed by atoms with van der Waals surface area (Å²) in [6.07, 6.45) is 8.11. The molecule has 0 saturated carbocycles. The van der Waals surface area contributed by atoms with Gasteiger partial charge in [0, 0.05) is 56.1 Å². The van der Waals surface area contributed by atoms with E-state index in [2.05, 4.69) is 26.4 Å². The molecular weight excluding hydrogens is 444 g/mol. The molecule has 1 fully saturated rings. The number of hydrogen-bond acceptors (Lipinski definition) is 6. The predicted octanol–water partition coefficient (Wildman–Crippen LogP) is 3.62. The number of rotatable bonds is 6. The second-order valence-corrected chi connectivity index (χ2v) is 8.90. The van der Waals surface area contributed by atoms with Crippen molar-refractivity contribution in [3.8, 4) is 11.5 Å². The fourth-order valence-electron chi connectivity index (χ4n) is 4.76. The average molecular weight is 473 g/mol. The second kappa shape index (κ2) is 9.25. The van der Waals surface area contributed by atoms with Gasteiger partial charge in [-0.2, -0.15) is 0 Å². The van der Waals surface area contributed by atoms with Gasteiger partial charge in [0.05, 0.1) is 11.8 Å². The molecule has 0 aromatic carbocycles. The van der Waals surface area contributed by atoms with Crippen molar-refractivity contribution in [2.45, 2.75) is 32.4 Å². The molecule has 0 atom stereocenters. The number of carbonyl (C=O) groups excluding carboxylic acids is 1. The summed E-state index contributed by atoms with van der Waals surface area (Å²) in [4.78, 5) is 42.3. The Morgan fingerprint density at radius 1 is 1.31 bits per heavy atom. The van der Waals surface area contributed by atoms with E-state index in [1.54, 1.807) is 24.9 Å². The minimum atomic E-state index is -0.153. The summed E-state index contributed by atoms with van der Waals surface area (Å²) in [6, 6.07) is 7.59. The molecule has 9 heteroatoms. The summed E-state index contributed by atoms with van der Waals surface area (Å²) < 4.78 is 6.99. The number of fused-ring (bicyclic) bond motifs is 1. The molecule has 0 radical (unpaired) electrons. The van der Waals surface area contributed by atoms with E-state index >= 15 is 0 Å². The van der Waals surface area contributed by atoms with E-state index in [9.17, 15) is 9.59 Å². The SMILES string of the molecule is C=CCn1cc(C(=O)N(C)C2CCN(c3cc(-c4ccco4)ncn3)CC2)c2cc(C)[nH]c2c1=O. The van der Waals surface area contributed by atoms with Crippen LogP contribution < -0.4 is 10.5 Å². The molecule has 0 unspecified atom stereocenters. The Hall–Kier alpha value is -4.14. The highest BCUT2D eigenvalue weighted by Gasteiger charge is 2.28. The molecule has 1 aliphatic heterocycles. The summed E-state index contributed by atoms with van der Waals surface area (Å²) in [6.45, 7) is 7.50. The van der Waals surface area contributed by atoms with E-state index in [1.807, 2.05) is 43.1 Å². The van der Waals surface area contributed by atoms with Crippen molar-refractivity contribution in [3.63, 3.8) is 0 Å². The average Bonchev–Trinajstić information content (AvgIpc) is 3.55. The highest BCUT2D eigenvalue weighted by molar-refractivity contribution is 6.06. The van der Waals surface area contributed by atoms with Gasteiger partial charge in [0.1, 0.15) is 23.4 Å². The van der Waals surface area contributed by atoms with Crippen molar-refractivity contribution in [1.29, 1.82) is 0 Å². The molecular formula is C26H28N6O3. The lowest BCUT2D eigenvalue weighted by atomic mass is 10.0. The van der Waals surface area contributed by atoms with Crippen LogP contribution in [0.3, 0.4) is 0 Å². The standard InChI is InChI=1S/C26H28N6O3/c1-4-9-32-15-20(19-13-17(2)29-24(19)26(32)34)25(33)30(3)18-7-10-31(11-8-18)23-14-21(27-16-28-23)22-6-5-12-35-22/h4-6,12-16,18,29H,1,7-11H2,2-3H3. The molecule has 1 N–H and O–H groups in total. The van der Waals surface area contributed by atoms with Crippen molar-refractivity contribution in [3.05, 3.63) is 77.3 Å². The minimum absolute atomic E-state index is 0.0833. The third-order valence-electron chi connectivity index (χ3n) is 6.64. The Labute approximate surface area is 202 Å². The number of nitrogens with one attached hydrogen (secondary N) is 1. The van der Waals surface area contributed by atoms with Gasteiger partial charge in [0.25, 0.3) is 11.5 Å². The summed E-state index contributed by atoms with van der Waals surface area (Å²) in [7, 11) is 1.84. The molecule has 5 heterocycles. The molecule has 0 bridgehead atoms. The summed E-state index contributed by atoms with van der Waals surface area (Å²) >= 11 is 0. The normalized spacial score (nSPS) is 14.4. The molecule has 5 rings (SSSR count). The van der Waals surface area contributed by atoms with Crippen LogP contribution in [-0.2, 0) is 6.54 Å². The molecule has 0 aliphatic carbocycles. The first kappa shape index (κ1) is 22.6. The Balaban J connectivity index is 1.33. The molecule has 4 aromatic heterocycles. The number of anilines is 1. The highest BCUT2D eigenvalue weighted by atomic mass is 16.3. The van der Waals surface area contributed by atoms with Crippen LogP contribution in [-0.4, -0.2) is 56.5 Å². The van der Waals surface area contributed by atoms with E-state index in [0.29, 0.717) is 28.8 Å². The number of pyridine rings is 1. The number of allylic oxidation sites excluding steroid dienone is 1. The number of aryl methyl sites for hydroxylation is 1. The fourth-order valence-corrected chi connectivity index (χ4v) is 4.76. The third-order valence-corrected chi connectivity index (χ3v) is 6.64. The first-order valence-electron chi connectivity index (χ1n) is 11.7. The van der Waals surface area contributed by atoms with Crippen LogP contribution in [0.5, 0.6) is 0 Å². The Kier molecular flexibility index (Phi) is 5.98. The minimum Gasteiger partial charge on any atom is -0.463 e. The summed E-state index contributed by atoms with van der Waals surface area (Å²) in [5.41, 5.74) is 2.41. The van der Waals surface area contributed by atoms with Gasteiger partial charge in [-0.1, -0.05) is 6.08 Å². The zero-order chi connectivity index (χ0) is 24.5. The largest absolute Gasteiger partial charge is 0.463 e. The quantitative estimate of drug-likeness (QED) is 0.430. The number of piperidine rings is 1. The molecule has 4 aromatic rings. The van der Waals surface area contributed by atoms with Crippen LogP contribution in [0.1, 0.15) is 28.9 Å². The van der Waals surface area contributed by atoms with Crippen molar-refractivity contribution >= 4 is 22.6 Å². The number of H-pyrrole nitrogens is 1. The number of aromatic amines is 1. The molecule has 35 heavy (non-hydrogen) atoms. The zero-order valence-electron chi connectivity index (χ0n) is 19.9. The Morgan fingerprint density at radius 2 is 2.11 bits per heavy atom. The predicted molar refractivity (Wildman–Crippen MR) is 135 cm³/mol. The summed E-state index contributed by atoms with van der Waals surface area (Å²) in [5.74, 6) is 1.46. The second-order valence-electron chi connectivity index (χ2n) is 8.90. The lowest BCUT2D eigenvalue weighted by Gasteiger charge is -2.37. The van der Waals surface area contributed by atoms with E-state index in [0.717, 1.165) is 43.1 Å². The van der Waals surface area contributed by atoms with Gasteiger partial charge in [-0.05, 0) is 38.0 Å². The van der Waals surface area contributed by atoms with Gasteiger partial charge < -0.3 is 23.8 Å². The topological polar surface area (TPSA) is 100 Å². The van der Waals surface area contributed by atoms with Gasteiger partial charge in [0.15, 0.2) is 5.76 Å². The first-order chi connectivity index (χ1) is 17.0. The number of nitrogens with zero attached hydrogens (tertiary/aromatic N) is 5. The fraction of sp³-hybridized carbons (Fsp3) is 0.308. The van der Waals surface area contributed by atoms with Crippen molar-refractivity contribution in [2.75, 3.05) is 25.0 Å². The van der Waals surface area contributed by atoms with Crippen LogP contribution in [0.4, 0.5) is 5.82 Å². The number of hydrogen-bond donors (Lipinski definition) is 1. The third kappa shape index (κ3) is 4.25.